The first-order valence-electron chi connectivity index (χ1n) is 4.46. The van der Waals surface area contributed by atoms with Gasteiger partial charge in [0.25, 0.3) is 0 Å². The van der Waals surface area contributed by atoms with Gasteiger partial charge >= 0.3 is 0 Å². The van der Waals surface area contributed by atoms with Gasteiger partial charge in [-0.15, -0.1) is 0 Å². The molecule has 13 heavy (non-hydrogen) atoms. The Hall–Kier alpha value is -1.23. The second-order valence-corrected chi connectivity index (χ2v) is 3.41. The third-order valence-corrected chi connectivity index (χ3v) is 2.33. The smallest absolute Gasteiger partial charge is 0.145 e. The standard InChI is InChI=1S/C8H14N4O/c9-6-7(5-1-2-5)11-12(3-4-13)8(6)10/h5,13H,1-4,9-10H2. The molecule has 2 rings (SSSR count). The van der Waals surface area contributed by atoms with Gasteiger partial charge in [-0.3, -0.25) is 0 Å². The molecule has 0 radical (unpaired) electrons. The van der Waals surface area contributed by atoms with Gasteiger partial charge in [0.1, 0.15) is 5.82 Å². The Labute approximate surface area is 76.3 Å². The summed E-state index contributed by atoms with van der Waals surface area (Å²) in [4.78, 5) is 0. The van der Waals surface area contributed by atoms with E-state index < -0.39 is 0 Å². The van der Waals surface area contributed by atoms with Crippen LogP contribution in [-0.2, 0) is 6.54 Å². The van der Waals surface area contributed by atoms with E-state index in [1.54, 1.807) is 4.68 Å². The zero-order valence-electron chi connectivity index (χ0n) is 7.40. The van der Waals surface area contributed by atoms with Crippen LogP contribution in [0.1, 0.15) is 24.5 Å². The number of rotatable bonds is 3. The van der Waals surface area contributed by atoms with E-state index in [9.17, 15) is 0 Å². The lowest BCUT2D eigenvalue weighted by Gasteiger charge is -1.99. The van der Waals surface area contributed by atoms with Crippen LogP contribution < -0.4 is 11.5 Å². The highest BCUT2D eigenvalue weighted by Gasteiger charge is 2.30. The predicted molar refractivity (Wildman–Crippen MR) is 50.1 cm³/mol. The van der Waals surface area contributed by atoms with Crippen molar-refractivity contribution >= 4 is 11.5 Å². The normalized spacial score (nSPS) is 16.4. The lowest BCUT2D eigenvalue weighted by Crippen LogP contribution is -2.08. The van der Waals surface area contributed by atoms with Crippen LogP contribution in [0.15, 0.2) is 0 Å². The molecule has 1 heterocycles. The van der Waals surface area contributed by atoms with Gasteiger partial charge in [-0.25, -0.2) is 4.68 Å². The molecule has 0 aliphatic heterocycles. The van der Waals surface area contributed by atoms with Crippen molar-refractivity contribution in [3.05, 3.63) is 5.69 Å². The number of hydrogen-bond acceptors (Lipinski definition) is 4. The zero-order valence-corrected chi connectivity index (χ0v) is 7.40. The Morgan fingerprint density at radius 3 is 2.69 bits per heavy atom. The highest BCUT2D eigenvalue weighted by molar-refractivity contribution is 5.63. The summed E-state index contributed by atoms with van der Waals surface area (Å²) in [7, 11) is 0. The van der Waals surface area contributed by atoms with Crippen LogP contribution in [0.3, 0.4) is 0 Å². The summed E-state index contributed by atoms with van der Waals surface area (Å²) in [5.41, 5.74) is 13.0. The number of aliphatic hydroxyl groups excluding tert-OH is 1. The molecule has 5 heteroatoms. The van der Waals surface area contributed by atoms with Crippen LogP contribution >= 0.6 is 0 Å². The van der Waals surface area contributed by atoms with Gasteiger partial charge < -0.3 is 16.6 Å². The molecule has 72 valence electrons. The molecule has 1 saturated carbocycles. The SMILES string of the molecule is Nc1c(C2CC2)nn(CCO)c1N. The fourth-order valence-electron chi connectivity index (χ4n) is 1.43. The van der Waals surface area contributed by atoms with Gasteiger partial charge in [-0.1, -0.05) is 0 Å². The Morgan fingerprint density at radius 1 is 1.46 bits per heavy atom. The van der Waals surface area contributed by atoms with Crippen LogP contribution in [0.2, 0.25) is 0 Å². The van der Waals surface area contributed by atoms with Crippen molar-refractivity contribution < 1.29 is 5.11 Å². The van der Waals surface area contributed by atoms with E-state index in [0.717, 1.165) is 18.5 Å². The maximum Gasteiger partial charge on any atom is 0.145 e. The van der Waals surface area contributed by atoms with Crippen molar-refractivity contribution in [2.75, 3.05) is 18.1 Å². The van der Waals surface area contributed by atoms with Crippen molar-refractivity contribution in [1.29, 1.82) is 0 Å². The minimum absolute atomic E-state index is 0.0371. The molecule has 5 N–H and O–H groups in total. The van der Waals surface area contributed by atoms with Crippen LogP contribution in [0.4, 0.5) is 11.5 Å². The summed E-state index contributed by atoms with van der Waals surface area (Å²) in [5.74, 6) is 0.984. The maximum absolute atomic E-state index is 8.74. The first-order chi connectivity index (χ1) is 6.24. The van der Waals surface area contributed by atoms with Crippen LogP contribution in [-0.4, -0.2) is 21.5 Å². The molecule has 1 fully saturated rings. The van der Waals surface area contributed by atoms with Gasteiger partial charge in [-0.2, -0.15) is 5.10 Å². The van der Waals surface area contributed by atoms with Crippen molar-refractivity contribution in [3.63, 3.8) is 0 Å². The molecular weight excluding hydrogens is 168 g/mol. The van der Waals surface area contributed by atoms with Gasteiger partial charge in [0.15, 0.2) is 0 Å². The molecule has 5 nitrogen and oxygen atoms in total. The van der Waals surface area contributed by atoms with Gasteiger partial charge in [0.05, 0.1) is 24.5 Å². The highest BCUT2D eigenvalue weighted by atomic mass is 16.3. The molecule has 0 bridgehead atoms. The summed E-state index contributed by atoms with van der Waals surface area (Å²) in [6, 6.07) is 0. The summed E-state index contributed by atoms with van der Waals surface area (Å²) in [6.45, 7) is 0.457. The van der Waals surface area contributed by atoms with Crippen LogP contribution in [0.5, 0.6) is 0 Å². The topological polar surface area (TPSA) is 90.1 Å². The Kier molecular flexibility index (Phi) is 1.88. The monoisotopic (exact) mass is 182 g/mol. The molecule has 1 aliphatic carbocycles. The third kappa shape index (κ3) is 1.35. The van der Waals surface area contributed by atoms with E-state index in [4.69, 9.17) is 16.6 Å². The lowest BCUT2D eigenvalue weighted by atomic mass is 10.2. The minimum atomic E-state index is 0.0371. The van der Waals surface area contributed by atoms with E-state index in [-0.39, 0.29) is 6.61 Å². The lowest BCUT2D eigenvalue weighted by molar-refractivity contribution is 0.270. The number of aromatic nitrogens is 2. The molecule has 0 atom stereocenters. The third-order valence-electron chi connectivity index (χ3n) is 2.33. The molecule has 1 aromatic rings. The Balaban J connectivity index is 2.31. The molecule has 1 aliphatic rings. The average molecular weight is 182 g/mol. The van der Waals surface area contributed by atoms with Crippen molar-refractivity contribution in [1.82, 2.24) is 9.78 Å². The zero-order chi connectivity index (χ0) is 9.42. The van der Waals surface area contributed by atoms with Crippen molar-refractivity contribution in [3.8, 4) is 0 Å². The molecule has 0 saturated heterocycles. The molecule has 0 amide bonds. The maximum atomic E-state index is 8.74. The highest BCUT2D eigenvalue weighted by Crippen LogP contribution is 2.43. The fraction of sp³-hybridized carbons (Fsp3) is 0.625. The first kappa shape index (κ1) is 8.37. The number of anilines is 2. The number of nitrogens with zero attached hydrogens (tertiary/aromatic N) is 2. The summed E-state index contributed by atoms with van der Waals surface area (Å²) in [6.07, 6.45) is 2.31. The molecule has 0 spiro atoms. The number of nitrogens with two attached hydrogens (primary N) is 2. The average Bonchev–Trinajstić information content (AvgIpc) is 2.89. The van der Waals surface area contributed by atoms with Crippen LogP contribution in [0, 0.1) is 0 Å². The van der Waals surface area contributed by atoms with Gasteiger partial charge in [-0.05, 0) is 12.8 Å². The van der Waals surface area contributed by atoms with E-state index in [0.29, 0.717) is 24.0 Å². The van der Waals surface area contributed by atoms with E-state index in [1.165, 1.54) is 0 Å². The van der Waals surface area contributed by atoms with Crippen molar-refractivity contribution in [2.24, 2.45) is 0 Å². The summed E-state index contributed by atoms with van der Waals surface area (Å²) < 4.78 is 1.57. The fourth-order valence-corrected chi connectivity index (χ4v) is 1.43. The van der Waals surface area contributed by atoms with E-state index >= 15 is 0 Å². The summed E-state index contributed by atoms with van der Waals surface area (Å²) in [5, 5.41) is 13.0. The first-order valence-corrected chi connectivity index (χ1v) is 4.46. The van der Waals surface area contributed by atoms with E-state index in [2.05, 4.69) is 5.10 Å². The number of nitrogen functional groups attached to an aromatic ring is 2. The second kappa shape index (κ2) is 2.92. The second-order valence-electron chi connectivity index (χ2n) is 3.41. The predicted octanol–water partition coefficient (Wildman–Crippen LogP) is -0.0828. The number of aliphatic hydroxyl groups is 1. The van der Waals surface area contributed by atoms with Gasteiger partial charge in [0, 0.05) is 5.92 Å². The Morgan fingerprint density at radius 2 is 2.15 bits per heavy atom. The largest absolute Gasteiger partial charge is 0.394 e. The molecule has 0 unspecified atom stereocenters. The van der Waals surface area contributed by atoms with E-state index in [1.807, 2.05) is 0 Å². The quantitative estimate of drug-likeness (QED) is 0.609. The Bertz CT molecular complexity index is 316. The van der Waals surface area contributed by atoms with Gasteiger partial charge in [0.2, 0.25) is 0 Å². The molecule has 0 aromatic carbocycles. The number of hydrogen-bond donors (Lipinski definition) is 3. The molecule has 1 aromatic heterocycles. The van der Waals surface area contributed by atoms with Crippen LogP contribution in [0.25, 0.3) is 0 Å². The minimum Gasteiger partial charge on any atom is -0.394 e. The van der Waals surface area contributed by atoms with Crippen molar-refractivity contribution in [2.45, 2.75) is 25.3 Å². The molecular formula is C8H14N4O. The summed E-state index contributed by atoms with van der Waals surface area (Å²) >= 11 is 0.